The van der Waals surface area contributed by atoms with Crippen LogP contribution in [-0.2, 0) is 10.0 Å². The number of rotatable bonds is 7. The summed E-state index contributed by atoms with van der Waals surface area (Å²) in [5.41, 5.74) is -0.289. The van der Waals surface area contributed by atoms with Gasteiger partial charge >= 0.3 is 0 Å². The van der Waals surface area contributed by atoms with Crippen molar-refractivity contribution in [3.05, 3.63) is 12.5 Å². The van der Waals surface area contributed by atoms with E-state index in [0.29, 0.717) is 6.42 Å². The van der Waals surface area contributed by atoms with E-state index in [9.17, 15) is 8.42 Å². The molecule has 1 aromatic heterocycles. The molecule has 0 bridgehead atoms. The molecule has 0 amide bonds. The van der Waals surface area contributed by atoms with Gasteiger partial charge in [-0.3, -0.25) is 0 Å². The van der Waals surface area contributed by atoms with Crippen molar-refractivity contribution in [1.29, 1.82) is 0 Å². The second-order valence-corrected chi connectivity index (χ2v) is 7.43. The lowest BCUT2D eigenvalue weighted by molar-refractivity contribution is 0.213. The molecular formula is C12H23N3O3S. The van der Waals surface area contributed by atoms with E-state index in [-0.39, 0.29) is 29.6 Å². The number of nitrogens with one attached hydrogen (secondary N) is 1. The molecule has 1 aromatic rings. The summed E-state index contributed by atoms with van der Waals surface area (Å²) in [5, 5.41) is 8.95. The van der Waals surface area contributed by atoms with E-state index in [1.54, 1.807) is 4.57 Å². The van der Waals surface area contributed by atoms with Crippen LogP contribution in [0.4, 0.5) is 0 Å². The minimum Gasteiger partial charge on any atom is -0.396 e. The summed E-state index contributed by atoms with van der Waals surface area (Å²) in [6.07, 6.45) is 3.57. The third-order valence-electron chi connectivity index (χ3n) is 2.98. The van der Waals surface area contributed by atoms with Crippen LogP contribution in [0.1, 0.15) is 40.2 Å². The van der Waals surface area contributed by atoms with Crippen LogP contribution in [0.5, 0.6) is 0 Å². The lowest BCUT2D eigenvalue weighted by Crippen LogP contribution is -2.34. The van der Waals surface area contributed by atoms with Crippen molar-refractivity contribution < 1.29 is 13.5 Å². The Bertz CT molecular complexity index is 506. The zero-order valence-electron chi connectivity index (χ0n) is 11.9. The first kappa shape index (κ1) is 16.1. The van der Waals surface area contributed by atoms with Gasteiger partial charge in [-0.2, -0.15) is 0 Å². The average Bonchev–Trinajstić information content (AvgIpc) is 2.77. The first-order valence-corrected chi connectivity index (χ1v) is 7.80. The topological polar surface area (TPSA) is 84.2 Å². The molecular weight excluding hydrogens is 266 g/mol. The monoisotopic (exact) mass is 289 g/mol. The molecule has 0 radical (unpaired) electrons. The molecule has 1 rings (SSSR count). The summed E-state index contributed by atoms with van der Waals surface area (Å²) in [7, 11) is -3.59. The van der Waals surface area contributed by atoms with Gasteiger partial charge in [-0.25, -0.2) is 18.1 Å². The normalized spacial score (nSPS) is 13.2. The van der Waals surface area contributed by atoms with E-state index >= 15 is 0 Å². The Morgan fingerprint density at radius 2 is 2.11 bits per heavy atom. The molecule has 0 atom stereocenters. The Kier molecular flexibility index (Phi) is 5.11. The highest BCUT2D eigenvalue weighted by Gasteiger charge is 2.23. The minimum absolute atomic E-state index is 0.0287. The van der Waals surface area contributed by atoms with Crippen molar-refractivity contribution in [2.45, 2.75) is 45.2 Å². The van der Waals surface area contributed by atoms with Crippen LogP contribution in [0, 0.1) is 5.41 Å². The summed E-state index contributed by atoms with van der Waals surface area (Å²) < 4.78 is 28.4. The number of imidazole rings is 1. The number of nitrogens with zero attached hydrogens (tertiary/aromatic N) is 2. The molecule has 0 fully saturated rings. The van der Waals surface area contributed by atoms with Crippen molar-refractivity contribution in [1.82, 2.24) is 14.3 Å². The van der Waals surface area contributed by atoms with E-state index in [1.165, 1.54) is 12.5 Å². The molecule has 7 heteroatoms. The average molecular weight is 289 g/mol. The Morgan fingerprint density at radius 1 is 1.47 bits per heavy atom. The van der Waals surface area contributed by atoms with Gasteiger partial charge in [0.25, 0.3) is 10.0 Å². The van der Waals surface area contributed by atoms with E-state index in [1.807, 2.05) is 27.7 Å². The van der Waals surface area contributed by atoms with Crippen molar-refractivity contribution in [2.75, 3.05) is 13.2 Å². The molecule has 0 unspecified atom stereocenters. The van der Waals surface area contributed by atoms with E-state index in [0.717, 1.165) is 0 Å². The SMILES string of the molecule is CC(C)n1cnc(S(=O)(=O)NCC(C)(C)CCO)c1. The molecule has 0 aliphatic carbocycles. The van der Waals surface area contributed by atoms with Gasteiger partial charge in [0.05, 0.1) is 6.33 Å². The second-order valence-electron chi connectivity index (χ2n) is 5.72. The third-order valence-corrected chi connectivity index (χ3v) is 4.26. The second kappa shape index (κ2) is 6.02. The Labute approximate surface area is 114 Å². The van der Waals surface area contributed by atoms with Gasteiger partial charge in [0.2, 0.25) is 0 Å². The number of hydrogen-bond donors (Lipinski definition) is 2. The van der Waals surface area contributed by atoms with Crippen LogP contribution in [0.3, 0.4) is 0 Å². The Morgan fingerprint density at radius 3 is 2.58 bits per heavy atom. The Hall–Kier alpha value is -0.920. The fourth-order valence-corrected chi connectivity index (χ4v) is 2.67. The van der Waals surface area contributed by atoms with E-state index in [2.05, 4.69) is 9.71 Å². The molecule has 0 saturated carbocycles. The van der Waals surface area contributed by atoms with Gasteiger partial charge in [-0.1, -0.05) is 13.8 Å². The predicted octanol–water partition coefficient (Wildman–Crippen LogP) is 1.15. The molecule has 6 nitrogen and oxygen atoms in total. The highest BCUT2D eigenvalue weighted by Crippen LogP contribution is 2.19. The highest BCUT2D eigenvalue weighted by atomic mass is 32.2. The number of aliphatic hydroxyl groups excluding tert-OH is 1. The van der Waals surface area contributed by atoms with Crippen LogP contribution in [0.15, 0.2) is 17.6 Å². The lowest BCUT2D eigenvalue weighted by atomic mass is 9.90. The van der Waals surface area contributed by atoms with Gasteiger partial charge in [0.1, 0.15) is 0 Å². The fraction of sp³-hybridized carbons (Fsp3) is 0.750. The van der Waals surface area contributed by atoms with Crippen molar-refractivity contribution >= 4 is 10.0 Å². The minimum atomic E-state index is -3.59. The molecule has 1 heterocycles. The molecule has 0 aliphatic rings. The largest absolute Gasteiger partial charge is 0.396 e. The number of aliphatic hydroxyl groups is 1. The maximum absolute atomic E-state index is 12.1. The highest BCUT2D eigenvalue weighted by molar-refractivity contribution is 7.89. The van der Waals surface area contributed by atoms with Gasteiger partial charge in [0.15, 0.2) is 5.03 Å². The van der Waals surface area contributed by atoms with Gasteiger partial charge < -0.3 is 9.67 Å². The lowest BCUT2D eigenvalue weighted by Gasteiger charge is -2.23. The predicted molar refractivity (Wildman–Crippen MR) is 73.3 cm³/mol. The van der Waals surface area contributed by atoms with Gasteiger partial charge in [-0.05, 0) is 25.7 Å². The van der Waals surface area contributed by atoms with Crippen LogP contribution in [-0.4, -0.2) is 36.2 Å². The third kappa shape index (κ3) is 4.59. The quantitative estimate of drug-likeness (QED) is 0.788. The van der Waals surface area contributed by atoms with Gasteiger partial charge in [-0.15, -0.1) is 0 Å². The van der Waals surface area contributed by atoms with E-state index < -0.39 is 10.0 Å². The first-order valence-electron chi connectivity index (χ1n) is 6.32. The maximum atomic E-state index is 12.1. The molecule has 0 aliphatic heterocycles. The molecule has 2 N–H and O–H groups in total. The smallest absolute Gasteiger partial charge is 0.259 e. The summed E-state index contributed by atoms with van der Waals surface area (Å²) in [6, 6.07) is 0.169. The zero-order chi connectivity index (χ0) is 14.7. The van der Waals surface area contributed by atoms with Crippen LogP contribution in [0.2, 0.25) is 0 Å². The van der Waals surface area contributed by atoms with E-state index in [4.69, 9.17) is 5.11 Å². The first-order chi connectivity index (χ1) is 8.68. The summed E-state index contributed by atoms with van der Waals surface area (Å²) in [5.74, 6) is 0. The number of hydrogen-bond acceptors (Lipinski definition) is 4. The Balaban J connectivity index is 2.75. The van der Waals surface area contributed by atoms with Crippen LogP contribution < -0.4 is 4.72 Å². The number of aromatic nitrogens is 2. The molecule has 0 spiro atoms. The van der Waals surface area contributed by atoms with Gasteiger partial charge in [0, 0.05) is 25.4 Å². The zero-order valence-corrected chi connectivity index (χ0v) is 12.7. The number of sulfonamides is 1. The fourth-order valence-electron chi connectivity index (χ4n) is 1.49. The van der Waals surface area contributed by atoms with Crippen LogP contribution in [0.25, 0.3) is 0 Å². The molecule has 0 saturated heterocycles. The van der Waals surface area contributed by atoms with Crippen molar-refractivity contribution in [3.63, 3.8) is 0 Å². The summed E-state index contributed by atoms with van der Waals surface area (Å²) in [6.45, 7) is 8.02. The molecule has 0 aromatic carbocycles. The van der Waals surface area contributed by atoms with Crippen LogP contribution >= 0.6 is 0 Å². The summed E-state index contributed by atoms with van der Waals surface area (Å²) >= 11 is 0. The maximum Gasteiger partial charge on any atom is 0.259 e. The molecule has 110 valence electrons. The summed E-state index contributed by atoms with van der Waals surface area (Å²) in [4.78, 5) is 3.92. The standard InChI is InChI=1S/C12H23N3O3S/c1-10(2)15-7-11(13-9-15)19(17,18)14-8-12(3,4)5-6-16/h7,9-10,14,16H,5-6,8H2,1-4H3. The van der Waals surface area contributed by atoms with Crippen molar-refractivity contribution in [3.8, 4) is 0 Å². The van der Waals surface area contributed by atoms with Crippen molar-refractivity contribution in [2.24, 2.45) is 5.41 Å². The molecule has 19 heavy (non-hydrogen) atoms.